The molecule has 1 fully saturated rings. The molecule has 1 aromatic heterocycles. The second-order valence-electron chi connectivity index (χ2n) is 5.75. The second kappa shape index (κ2) is 6.87. The van der Waals surface area contributed by atoms with Gasteiger partial charge in [-0.05, 0) is 31.9 Å². The molecule has 2 rings (SSSR count). The van der Waals surface area contributed by atoms with Gasteiger partial charge in [0.2, 0.25) is 5.91 Å². The Morgan fingerprint density at radius 1 is 1.50 bits per heavy atom. The van der Waals surface area contributed by atoms with Crippen molar-refractivity contribution >= 4 is 11.8 Å². The molecule has 1 saturated heterocycles. The lowest BCUT2D eigenvalue weighted by molar-refractivity contribution is -0.123. The van der Waals surface area contributed by atoms with Gasteiger partial charge in [-0.3, -0.25) is 14.6 Å². The van der Waals surface area contributed by atoms with E-state index in [-0.39, 0.29) is 18.2 Å². The van der Waals surface area contributed by atoms with Crippen molar-refractivity contribution in [3.8, 4) is 0 Å². The van der Waals surface area contributed by atoms with Gasteiger partial charge in [-0.15, -0.1) is 0 Å². The largest absolute Gasteiger partial charge is 0.382 e. The molecule has 0 saturated carbocycles. The van der Waals surface area contributed by atoms with E-state index in [2.05, 4.69) is 10.3 Å². The number of pyridine rings is 1. The van der Waals surface area contributed by atoms with Crippen LogP contribution in [0.5, 0.6) is 0 Å². The van der Waals surface area contributed by atoms with E-state index in [0.717, 1.165) is 18.5 Å². The Morgan fingerprint density at radius 3 is 2.91 bits per heavy atom. The lowest BCUT2D eigenvalue weighted by Crippen LogP contribution is -2.52. The number of nitrogens with zero attached hydrogens (tertiary/aromatic N) is 2. The van der Waals surface area contributed by atoms with Gasteiger partial charge in [-0.2, -0.15) is 0 Å². The molecule has 120 valence electrons. The number of aryl methyl sites for hydroxylation is 1. The Balaban J connectivity index is 2.30. The summed E-state index contributed by atoms with van der Waals surface area (Å²) in [6, 6.07) is 3.49. The molecule has 0 unspecified atom stereocenters. The Morgan fingerprint density at radius 2 is 2.27 bits per heavy atom. The summed E-state index contributed by atoms with van der Waals surface area (Å²) in [4.78, 5) is 30.7. The van der Waals surface area contributed by atoms with Gasteiger partial charge in [0, 0.05) is 38.2 Å². The SMILES string of the molecule is CNC(=O)C[C@]1(COC)CCCN1C(=O)c1ccnc(C)c1. The molecule has 0 bridgehead atoms. The predicted octanol–water partition coefficient (Wildman–Crippen LogP) is 1.15. The van der Waals surface area contributed by atoms with Gasteiger partial charge in [0.05, 0.1) is 18.6 Å². The second-order valence-corrected chi connectivity index (χ2v) is 5.75. The van der Waals surface area contributed by atoms with Crippen LogP contribution in [0.4, 0.5) is 0 Å². The summed E-state index contributed by atoms with van der Waals surface area (Å²) in [5, 5.41) is 2.64. The average Bonchev–Trinajstić information content (AvgIpc) is 2.90. The van der Waals surface area contributed by atoms with Crippen molar-refractivity contribution in [2.45, 2.75) is 31.7 Å². The molecule has 0 aromatic carbocycles. The monoisotopic (exact) mass is 305 g/mol. The molecule has 6 nitrogen and oxygen atoms in total. The van der Waals surface area contributed by atoms with Crippen LogP contribution in [-0.4, -0.2) is 54.5 Å². The number of hydrogen-bond donors (Lipinski definition) is 1. The van der Waals surface area contributed by atoms with Crippen molar-refractivity contribution in [2.75, 3.05) is 27.3 Å². The van der Waals surface area contributed by atoms with Crippen LogP contribution in [0.15, 0.2) is 18.3 Å². The minimum Gasteiger partial charge on any atom is -0.382 e. The first-order valence-corrected chi connectivity index (χ1v) is 7.46. The van der Waals surface area contributed by atoms with Crippen molar-refractivity contribution in [2.24, 2.45) is 0 Å². The Bertz CT molecular complexity index is 561. The zero-order valence-corrected chi connectivity index (χ0v) is 13.4. The smallest absolute Gasteiger partial charge is 0.254 e. The molecule has 22 heavy (non-hydrogen) atoms. The van der Waals surface area contributed by atoms with Gasteiger partial charge in [-0.25, -0.2) is 0 Å². The van der Waals surface area contributed by atoms with Crippen molar-refractivity contribution in [3.63, 3.8) is 0 Å². The summed E-state index contributed by atoms with van der Waals surface area (Å²) < 4.78 is 5.33. The lowest BCUT2D eigenvalue weighted by atomic mass is 9.91. The Kier molecular flexibility index (Phi) is 5.13. The van der Waals surface area contributed by atoms with Crippen LogP contribution >= 0.6 is 0 Å². The van der Waals surface area contributed by atoms with Crippen LogP contribution in [0, 0.1) is 6.92 Å². The molecular weight excluding hydrogens is 282 g/mol. The van der Waals surface area contributed by atoms with E-state index in [1.165, 1.54) is 0 Å². The van der Waals surface area contributed by atoms with E-state index in [1.54, 1.807) is 37.4 Å². The maximum absolute atomic E-state index is 12.9. The third-order valence-corrected chi connectivity index (χ3v) is 4.17. The van der Waals surface area contributed by atoms with Crippen LogP contribution in [0.1, 0.15) is 35.3 Å². The zero-order valence-electron chi connectivity index (χ0n) is 13.4. The van der Waals surface area contributed by atoms with Gasteiger partial charge in [0.1, 0.15) is 0 Å². The summed E-state index contributed by atoms with van der Waals surface area (Å²) >= 11 is 0. The fourth-order valence-electron chi connectivity index (χ4n) is 3.13. The number of hydrogen-bond acceptors (Lipinski definition) is 4. The minimum atomic E-state index is -0.566. The van der Waals surface area contributed by atoms with Gasteiger partial charge in [-0.1, -0.05) is 0 Å². The molecule has 2 heterocycles. The molecular formula is C16H23N3O3. The summed E-state index contributed by atoms with van der Waals surface area (Å²) in [7, 11) is 3.21. The number of carbonyl (C=O) groups excluding carboxylic acids is 2. The van der Waals surface area contributed by atoms with Crippen molar-refractivity contribution in [1.82, 2.24) is 15.2 Å². The number of methoxy groups -OCH3 is 1. The summed E-state index contributed by atoms with van der Waals surface area (Å²) in [6.45, 7) is 2.85. The van der Waals surface area contributed by atoms with Crippen molar-refractivity contribution in [3.05, 3.63) is 29.6 Å². The molecule has 1 aliphatic rings. The first-order valence-electron chi connectivity index (χ1n) is 7.46. The molecule has 1 aromatic rings. The van der Waals surface area contributed by atoms with E-state index < -0.39 is 5.54 Å². The number of nitrogens with one attached hydrogen (secondary N) is 1. The first kappa shape index (κ1) is 16.4. The third kappa shape index (κ3) is 3.27. The number of ether oxygens (including phenoxy) is 1. The molecule has 1 N–H and O–H groups in total. The normalized spacial score (nSPS) is 21.0. The lowest BCUT2D eigenvalue weighted by Gasteiger charge is -2.37. The number of carbonyl (C=O) groups is 2. The zero-order chi connectivity index (χ0) is 16.2. The highest BCUT2D eigenvalue weighted by Crippen LogP contribution is 2.34. The quantitative estimate of drug-likeness (QED) is 0.886. The predicted molar refractivity (Wildman–Crippen MR) is 82.5 cm³/mol. The Labute approximate surface area is 130 Å². The average molecular weight is 305 g/mol. The molecule has 0 aliphatic carbocycles. The van der Waals surface area contributed by atoms with E-state index in [9.17, 15) is 9.59 Å². The van der Waals surface area contributed by atoms with E-state index in [0.29, 0.717) is 18.7 Å². The molecule has 1 atom stereocenters. The topological polar surface area (TPSA) is 71.5 Å². The highest BCUT2D eigenvalue weighted by Gasteiger charge is 2.45. The fraction of sp³-hybridized carbons (Fsp3) is 0.562. The molecule has 1 aliphatic heterocycles. The van der Waals surface area contributed by atoms with E-state index >= 15 is 0 Å². The maximum atomic E-state index is 12.9. The fourth-order valence-corrected chi connectivity index (χ4v) is 3.13. The highest BCUT2D eigenvalue weighted by molar-refractivity contribution is 5.95. The number of amides is 2. The molecule has 0 radical (unpaired) electrons. The molecule has 2 amide bonds. The van der Waals surface area contributed by atoms with Crippen molar-refractivity contribution in [1.29, 1.82) is 0 Å². The van der Waals surface area contributed by atoms with Gasteiger partial charge < -0.3 is 15.0 Å². The van der Waals surface area contributed by atoms with Crippen molar-refractivity contribution < 1.29 is 14.3 Å². The van der Waals surface area contributed by atoms with Crippen LogP contribution < -0.4 is 5.32 Å². The van der Waals surface area contributed by atoms with E-state index in [4.69, 9.17) is 4.74 Å². The van der Waals surface area contributed by atoms with Crippen LogP contribution in [-0.2, 0) is 9.53 Å². The van der Waals surface area contributed by atoms with Gasteiger partial charge >= 0.3 is 0 Å². The number of likely N-dealkylation sites (tertiary alicyclic amines) is 1. The van der Waals surface area contributed by atoms with Crippen LogP contribution in [0.3, 0.4) is 0 Å². The third-order valence-electron chi connectivity index (χ3n) is 4.17. The molecule has 6 heteroatoms. The van der Waals surface area contributed by atoms with Crippen LogP contribution in [0.25, 0.3) is 0 Å². The standard InChI is InChI=1S/C16H23N3O3/c1-12-9-13(5-7-18-12)15(21)19-8-4-6-16(19,11-22-3)10-14(20)17-2/h5,7,9H,4,6,8,10-11H2,1-3H3,(H,17,20)/t16-/m0/s1. The maximum Gasteiger partial charge on any atom is 0.254 e. The molecule has 0 spiro atoms. The minimum absolute atomic E-state index is 0.0658. The Hall–Kier alpha value is -1.95. The number of aromatic nitrogens is 1. The summed E-state index contributed by atoms with van der Waals surface area (Å²) in [5.41, 5.74) is 0.837. The van der Waals surface area contributed by atoms with E-state index in [1.807, 2.05) is 6.92 Å². The van der Waals surface area contributed by atoms with Gasteiger partial charge in [0.25, 0.3) is 5.91 Å². The van der Waals surface area contributed by atoms with Crippen LogP contribution in [0.2, 0.25) is 0 Å². The van der Waals surface area contributed by atoms with Gasteiger partial charge in [0.15, 0.2) is 0 Å². The highest BCUT2D eigenvalue weighted by atomic mass is 16.5. The summed E-state index contributed by atoms with van der Waals surface area (Å²) in [6.07, 6.45) is 3.53. The first-order chi connectivity index (χ1) is 10.5. The number of rotatable bonds is 5. The summed E-state index contributed by atoms with van der Waals surface area (Å²) in [5.74, 6) is -0.147.